The molecule has 2 saturated carbocycles. The molecule has 3 heteroatoms. The van der Waals surface area contributed by atoms with Crippen molar-refractivity contribution in [1.82, 2.24) is 15.1 Å². The van der Waals surface area contributed by atoms with Crippen molar-refractivity contribution in [3.63, 3.8) is 0 Å². The SMILES string of the molecule is CC1(CNCc2ccn(C3CCCCC3)n2)CCCCC1. The first-order valence-electron chi connectivity index (χ1n) is 9.00. The van der Waals surface area contributed by atoms with Gasteiger partial charge in [0.25, 0.3) is 0 Å². The maximum absolute atomic E-state index is 4.79. The fourth-order valence-electron chi connectivity index (χ4n) is 4.10. The lowest BCUT2D eigenvalue weighted by Crippen LogP contribution is -2.33. The minimum absolute atomic E-state index is 0.518. The second kappa shape index (κ2) is 6.95. The van der Waals surface area contributed by atoms with Crippen LogP contribution in [0, 0.1) is 5.41 Å². The largest absolute Gasteiger partial charge is 0.311 e. The first kappa shape index (κ1) is 15.1. The van der Waals surface area contributed by atoms with Crippen LogP contribution in [0.2, 0.25) is 0 Å². The lowest BCUT2D eigenvalue weighted by molar-refractivity contribution is 0.207. The van der Waals surface area contributed by atoms with Crippen LogP contribution in [0.25, 0.3) is 0 Å². The molecule has 0 aliphatic heterocycles. The Hall–Kier alpha value is -0.830. The van der Waals surface area contributed by atoms with Crippen molar-refractivity contribution in [2.24, 2.45) is 5.41 Å². The van der Waals surface area contributed by atoms with Gasteiger partial charge in [-0.25, -0.2) is 0 Å². The second-order valence-corrected chi connectivity index (χ2v) is 7.55. The minimum atomic E-state index is 0.518. The van der Waals surface area contributed by atoms with Gasteiger partial charge in [0, 0.05) is 19.3 Å². The van der Waals surface area contributed by atoms with Gasteiger partial charge in [0.15, 0.2) is 0 Å². The van der Waals surface area contributed by atoms with Crippen molar-refractivity contribution in [3.05, 3.63) is 18.0 Å². The van der Waals surface area contributed by atoms with Crippen LogP contribution in [0.15, 0.2) is 12.3 Å². The quantitative estimate of drug-likeness (QED) is 0.868. The molecular weight excluding hydrogens is 258 g/mol. The summed E-state index contributed by atoms with van der Waals surface area (Å²) < 4.78 is 2.22. The Kier molecular flexibility index (Phi) is 4.99. The van der Waals surface area contributed by atoms with Crippen LogP contribution in [0.1, 0.15) is 82.9 Å². The van der Waals surface area contributed by atoms with Gasteiger partial charge >= 0.3 is 0 Å². The minimum Gasteiger partial charge on any atom is -0.311 e. The summed E-state index contributed by atoms with van der Waals surface area (Å²) in [6.07, 6.45) is 16.0. The number of hydrogen-bond acceptors (Lipinski definition) is 2. The molecule has 1 aromatic heterocycles. The number of rotatable bonds is 5. The molecule has 0 atom stereocenters. The van der Waals surface area contributed by atoms with Crippen LogP contribution < -0.4 is 5.32 Å². The van der Waals surface area contributed by atoms with Gasteiger partial charge in [-0.3, -0.25) is 4.68 Å². The molecule has 0 aromatic carbocycles. The highest BCUT2D eigenvalue weighted by atomic mass is 15.3. The lowest BCUT2D eigenvalue weighted by Gasteiger charge is -2.33. The molecule has 2 fully saturated rings. The fourth-order valence-corrected chi connectivity index (χ4v) is 4.10. The zero-order valence-corrected chi connectivity index (χ0v) is 13.6. The third kappa shape index (κ3) is 4.09. The Balaban J connectivity index is 1.46. The van der Waals surface area contributed by atoms with Crippen LogP contribution in [0.4, 0.5) is 0 Å². The van der Waals surface area contributed by atoms with Gasteiger partial charge < -0.3 is 5.32 Å². The molecule has 0 unspecified atom stereocenters. The molecule has 0 bridgehead atoms. The van der Waals surface area contributed by atoms with Gasteiger partial charge in [0.05, 0.1) is 11.7 Å². The Bertz CT molecular complexity index is 425. The predicted molar refractivity (Wildman–Crippen MR) is 87.2 cm³/mol. The summed E-state index contributed by atoms with van der Waals surface area (Å²) in [4.78, 5) is 0. The summed E-state index contributed by atoms with van der Waals surface area (Å²) in [5.74, 6) is 0. The van der Waals surface area contributed by atoms with E-state index in [1.165, 1.54) is 69.9 Å². The molecule has 118 valence electrons. The molecule has 1 aromatic rings. The van der Waals surface area contributed by atoms with E-state index in [1.54, 1.807) is 0 Å². The zero-order chi connectivity index (χ0) is 14.5. The van der Waals surface area contributed by atoms with E-state index in [4.69, 9.17) is 5.10 Å². The van der Waals surface area contributed by atoms with Gasteiger partial charge in [-0.1, -0.05) is 45.4 Å². The van der Waals surface area contributed by atoms with Crippen molar-refractivity contribution >= 4 is 0 Å². The summed E-state index contributed by atoms with van der Waals surface area (Å²) in [5.41, 5.74) is 1.73. The van der Waals surface area contributed by atoms with Crippen molar-refractivity contribution < 1.29 is 0 Å². The maximum atomic E-state index is 4.79. The first-order chi connectivity index (χ1) is 10.3. The molecule has 2 aliphatic carbocycles. The Labute approximate surface area is 129 Å². The molecule has 1 N–H and O–H groups in total. The number of nitrogens with zero attached hydrogens (tertiary/aromatic N) is 2. The molecule has 21 heavy (non-hydrogen) atoms. The third-order valence-corrected chi connectivity index (χ3v) is 5.53. The summed E-state index contributed by atoms with van der Waals surface area (Å²) in [5, 5.41) is 8.45. The number of nitrogens with one attached hydrogen (secondary N) is 1. The first-order valence-corrected chi connectivity index (χ1v) is 9.00. The van der Waals surface area contributed by atoms with Gasteiger partial charge in [-0.05, 0) is 37.2 Å². The highest BCUT2D eigenvalue weighted by Gasteiger charge is 2.26. The van der Waals surface area contributed by atoms with Gasteiger partial charge in [-0.15, -0.1) is 0 Å². The Morgan fingerprint density at radius 2 is 1.86 bits per heavy atom. The highest BCUT2D eigenvalue weighted by Crippen LogP contribution is 2.35. The molecule has 2 aliphatic rings. The van der Waals surface area contributed by atoms with Crippen LogP contribution in [-0.2, 0) is 6.54 Å². The fraction of sp³-hybridized carbons (Fsp3) is 0.833. The summed E-state index contributed by atoms with van der Waals surface area (Å²) >= 11 is 0. The zero-order valence-electron chi connectivity index (χ0n) is 13.6. The number of hydrogen-bond donors (Lipinski definition) is 1. The molecule has 0 radical (unpaired) electrons. The molecule has 1 heterocycles. The maximum Gasteiger partial charge on any atom is 0.0762 e. The monoisotopic (exact) mass is 289 g/mol. The number of aromatic nitrogens is 2. The van der Waals surface area contributed by atoms with Crippen LogP contribution >= 0.6 is 0 Å². The van der Waals surface area contributed by atoms with Crippen LogP contribution in [-0.4, -0.2) is 16.3 Å². The Morgan fingerprint density at radius 1 is 1.14 bits per heavy atom. The van der Waals surface area contributed by atoms with E-state index in [0.29, 0.717) is 11.5 Å². The molecule has 0 amide bonds. The summed E-state index contributed by atoms with van der Waals surface area (Å²) in [6.45, 7) is 4.51. The van der Waals surface area contributed by atoms with Crippen molar-refractivity contribution in [2.45, 2.75) is 83.7 Å². The van der Waals surface area contributed by atoms with E-state index in [0.717, 1.165) is 13.1 Å². The average Bonchev–Trinajstić information content (AvgIpc) is 2.98. The van der Waals surface area contributed by atoms with Crippen molar-refractivity contribution in [2.75, 3.05) is 6.54 Å². The molecule has 3 nitrogen and oxygen atoms in total. The molecule has 0 spiro atoms. The van der Waals surface area contributed by atoms with Gasteiger partial charge in [0.2, 0.25) is 0 Å². The normalized spacial score (nSPS) is 23.3. The van der Waals surface area contributed by atoms with Crippen molar-refractivity contribution in [3.8, 4) is 0 Å². The van der Waals surface area contributed by atoms with Crippen molar-refractivity contribution in [1.29, 1.82) is 0 Å². The second-order valence-electron chi connectivity index (χ2n) is 7.55. The van der Waals surface area contributed by atoms with Gasteiger partial charge in [-0.2, -0.15) is 5.10 Å². The average molecular weight is 289 g/mol. The standard InChI is InChI=1S/C18H31N3/c1-18(11-6-3-7-12-18)15-19-14-16-10-13-21(20-16)17-8-4-2-5-9-17/h10,13,17,19H,2-9,11-12,14-15H2,1H3. The van der Waals surface area contributed by atoms with Crippen LogP contribution in [0.5, 0.6) is 0 Å². The van der Waals surface area contributed by atoms with Gasteiger partial charge in [0.1, 0.15) is 0 Å². The third-order valence-electron chi connectivity index (χ3n) is 5.53. The van der Waals surface area contributed by atoms with E-state index >= 15 is 0 Å². The summed E-state index contributed by atoms with van der Waals surface area (Å²) in [7, 11) is 0. The van der Waals surface area contributed by atoms with E-state index in [1.807, 2.05) is 0 Å². The van der Waals surface area contributed by atoms with E-state index in [9.17, 15) is 0 Å². The van der Waals surface area contributed by atoms with E-state index in [2.05, 4.69) is 29.2 Å². The molecule has 3 rings (SSSR count). The van der Waals surface area contributed by atoms with E-state index in [-0.39, 0.29) is 0 Å². The highest BCUT2D eigenvalue weighted by molar-refractivity contribution is 5.00. The summed E-state index contributed by atoms with van der Waals surface area (Å²) in [6, 6.07) is 2.86. The van der Waals surface area contributed by atoms with Crippen LogP contribution in [0.3, 0.4) is 0 Å². The Morgan fingerprint density at radius 3 is 2.62 bits per heavy atom. The molecule has 0 saturated heterocycles. The van der Waals surface area contributed by atoms with E-state index < -0.39 is 0 Å². The molecular formula is C18H31N3. The lowest BCUT2D eigenvalue weighted by atomic mass is 9.76. The topological polar surface area (TPSA) is 29.9 Å². The predicted octanol–water partition coefficient (Wildman–Crippen LogP) is 4.45. The smallest absolute Gasteiger partial charge is 0.0762 e.